The summed E-state index contributed by atoms with van der Waals surface area (Å²) in [6.07, 6.45) is 3.51. The first-order valence-corrected chi connectivity index (χ1v) is 6.64. The average Bonchev–Trinajstić information content (AvgIpc) is 3.12. The summed E-state index contributed by atoms with van der Waals surface area (Å²) in [5.74, 6) is 0.789. The third kappa shape index (κ3) is 3.22. The molecule has 0 heterocycles. The van der Waals surface area contributed by atoms with Crippen LogP contribution in [0.1, 0.15) is 36.5 Å². The zero-order valence-electron chi connectivity index (χ0n) is 10.2. The van der Waals surface area contributed by atoms with Crippen molar-refractivity contribution in [1.82, 2.24) is 4.90 Å². The van der Waals surface area contributed by atoms with E-state index in [1.54, 1.807) is 12.1 Å². The van der Waals surface area contributed by atoms with Gasteiger partial charge in [-0.05, 0) is 37.3 Å². The van der Waals surface area contributed by atoms with Gasteiger partial charge in [-0.15, -0.1) is 0 Å². The van der Waals surface area contributed by atoms with Gasteiger partial charge in [-0.3, -0.25) is 4.79 Å². The number of carbonyl (C=O) groups excluding carboxylic acids is 1. The van der Waals surface area contributed by atoms with Crippen LogP contribution in [0.2, 0.25) is 5.02 Å². The number of carbonyl (C=O) groups is 1. The van der Waals surface area contributed by atoms with Crippen molar-refractivity contribution < 1.29 is 4.79 Å². The van der Waals surface area contributed by atoms with Crippen molar-refractivity contribution >= 4 is 17.5 Å². The van der Waals surface area contributed by atoms with Crippen molar-refractivity contribution in [2.24, 2.45) is 5.92 Å². The third-order valence-corrected chi connectivity index (χ3v) is 3.39. The van der Waals surface area contributed by atoms with E-state index in [2.05, 4.69) is 6.92 Å². The van der Waals surface area contributed by atoms with Crippen LogP contribution < -0.4 is 0 Å². The van der Waals surface area contributed by atoms with E-state index in [1.165, 1.54) is 12.8 Å². The summed E-state index contributed by atoms with van der Waals surface area (Å²) in [4.78, 5) is 14.3. The molecule has 0 saturated heterocycles. The summed E-state index contributed by atoms with van der Waals surface area (Å²) < 4.78 is 0. The first-order chi connectivity index (χ1) is 8.22. The smallest absolute Gasteiger partial charge is 0.255 e. The van der Waals surface area contributed by atoms with E-state index in [9.17, 15) is 4.79 Å². The second kappa shape index (κ2) is 5.54. The highest BCUT2D eigenvalue weighted by atomic mass is 35.5. The molecule has 2 rings (SSSR count). The van der Waals surface area contributed by atoms with E-state index in [4.69, 9.17) is 11.6 Å². The molecular weight excluding hydrogens is 234 g/mol. The summed E-state index contributed by atoms with van der Waals surface area (Å²) >= 11 is 6.07. The van der Waals surface area contributed by atoms with Gasteiger partial charge in [0.05, 0.1) is 10.6 Å². The van der Waals surface area contributed by atoms with E-state index in [1.807, 2.05) is 17.0 Å². The van der Waals surface area contributed by atoms with Crippen LogP contribution in [0.3, 0.4) is 0 Å². The van der Waals surface area contributed by atoms with Crippen LogP contribution in [0, 0.1) is 5.92 Å². The van der Waals surface area contributed by atoms with Crippen LogP contribution in [0.15, 0.2) is 24.3 Å². The summed E-state index contributed by atoms with van der Waals surface area (Å²) in [6.45, 7) is 3.80. The van der Waals surface area contributed by atoms with Crippen LogP contribution in [0.4, 0.5) is 0 Å². The second-order valence-electron chi connectivity index (χ2n) is 4.67. The van der Waals surface area contributed by atoms with Crippen molar-refractivity contribution in [2.75, 3.05) is 13.1 Å². The molecule has 1 saturated carbocycles. The van der Waals surface area contributed by atoms with Gasteiger partial charge < -0.3 is 4.90 Å². The molecule has 0 bridgehead atoms. The lowest BCUT2D eigenvalue weighted by atomic mass is 10.2. The minimum absolute atomic E-state index is 0.0735. The van der Waals surface area contributed by atoms with Gasteiger partial charge in [0.25, 0.3) is 5.91 Å². The molecule has 0 radical (unpaired) electrons. The normalized spacial score (nSPS) is 14.7. The number of hydrogen-bond acceptors (Lipinski definition) is 1. The Morgan fingerprint density at radius 3 is 2.71 bits per heavy atom. The Kier molecular flexibility index (Phi) is 4.06. The molecule has 17 heavy (non-hydrogen) atoms. The van der Waals surface area contributed by atoms with Crippen LogP contribution >= 0.6 is 11.6 Å². The standard InChI is InChI=1S/C14H18ClNO/c1-2-9-16(10-11-7-8-11)14(17)12-5-3-4-6-13(12)15/h3-6,11H,2,7-10H2,1H3. The topological polar surface area (TPSA) is 20.3 Å². The van der Waals surface area contributed by atoms with Gasteiger partial charge in [0.1, 0.15) is 0 Å². The Labute approximate surface area is 108 Å². The molecule has 1 aromatic carbocycles. The predicted octanol–water partition coefficient (Wildman–Crippen LogP) is 3.60. The first kappa shape index (κ1) is 12.4. The number of rotatable bonds is 5. The molecule has 1 aliphatic rings. The molecule has 1 aliphatic carbocycles. The first-order valence-electron chi connectivity index (χ1n) is 6.26. The highest BCUT2D eigenvalue weighted by Gasteiger charge is 2.27. The zero-order chi connectivity index (χ0) is 12.3. The fourth-order valence-electron chi connectivity index (χ4n) is 1.96. The molecule has 0 aromatic heterocycles. The molecule has 1 amide bonds. The van der Waals surface area contributed by atoms with Gasteiger partial charge in [0.2, 0.25) is 0 Å². The molecule has 0 atom stereocenters. The Hall–Kier alpha value is -1.02. The molecule has 92 valence electrons. The average molecular weight is 252 g/mol. The van der Waals surface area contributed by atoms with Gasteiger partial charge in [-0.2, -0.15) is 0 Å². The van der Waals surface area contributed by atoms with E-state index >= 15 is 0 Å². The second-order valence-corrected chi connectivity index (χ2v) is 5.08. The largest absolute Gasteiger partial charge is 0.338 e. The minimum atomic E-state index is 0.0735. The lowest BCUT2D eigenvalue weighted by Crippen LogP contribution is -2.33. The molecule has 1 fully saturated rings. The maximum Gasteiger partial charge on any atom is 0.255 e. The lowest BCUT2D eigenvalue weighted by Gasteiger charge is -2.22. The highest BCUT2D eigenvalue weighted by molar-refractivity contribution is 6.33. The van der Waals surface area contributed by atoms with Gasteiger partial charge in [-0.1, -0.05) is 30.7 Å². The van der Waals surface area contributed by atoms with E-state index in [0.29, 0.717) is 16.5 Å². The predicted molar refractivity (Wildman–Crippen MR) is 70.4 cm³/mol. The van der Waals surface area contributed by atoms with Crippen molar-refractivity contribution in [3.8, 4) is 0 Å². The van der Waals surface area contributed by atoms with E-state index < -0.39 is 0 Å². The number of halogens is 1. The maximum atomic E-state index is 12.4. The summed E-state index contributed by atoms with van der Waals surface area (Å²) in [5.41, 5.74) is 0.628. The summed E-state index contributed by atoms with van der Waals surface area (Å²) in [7, 11) is 0. The van der Waals surface area contributed by atoms with Gasteiger partial charge in [0.15, 0.2) is 0 Å². The van der Waals surface area contributed by atoms with Crippen LogP contribution in [0.25, 0.3) is 0 Å². The molecule has 1 aromatic rings. The Bertz CT molecular complexity index is 401. The Morgan fingerprint density at radius 2 is 2.12 bits per heavy atom. The lowest BCUT2D eigenvalue weighted by molar-refractivity contribution is 0.0748. The number of amides is 1. The van der Waals surface area contributed by atoms with Crippen molar-refractivity contribution in [1.29, 1.82) is 0 Å². The molecule has 3 heteroatoms. The fourth-order valence-corrected chi connectivity index (χ4v) is 2.18. The van der Waals surface area contributed by atoms with Crippen LogP contribution in [-0.2, 0) is 0 Å². The maximum absolute atomic E-state index is 12.4. The van der Waals surface area contributed by atoms with Crippen molar-refractivity contribution in [2.45, 2.75) is 26.2 Å². The van der Waals surface area contributed by atoms with Crippen LogP contribution in [0.5, 0.6) is 0 Å². The van der Waals surface area contributed by atoms with Gasteiger partial charge in [-0.25, -0.2) is 0 Å². The molecule has 0 unspecified atom stereocenters. The van der Waals surface area contributed by atoms with Gasteiger partial charge in [0, 0.05) is 13.1 Å². The number of nitrogens with zero attached hydrogens (tertiary/aromatic N) is 1. The Balaban J connectivity index is 2.11. The molecule has 0 N–H and O–H groups in total. The van der Waals surface area contributed by atoms with Crippen molar-refractivity contribution in [3.63, 3.8) is 0 Å². The molecule has 0 aliphatic heterocycles. The van der Waals surface area contributed by atoms with E-state index in [-0.39, 0.29) is 5.91 Å². The third-order valence-electron chi connectivity index (χ3n) is 3.06. The van der Waals surface area contributed by atoms with E-state index in [0.717, 1.165) is 19.5 Å². The zero-order valence-corrected chi connectivity index (χ0v) is 10.9. The molecular formula is C14H18ClNO. The number of benzene rings is 1. The Morgan fingerprint density at radius 1 is 1.41 bits per heavy atom. The summed E-state index contributed by atoms with van der Waals surface area (Å²) in [5, 5.41) is 0.550. The quantitative estimate of drug-likeness (QED) is 0.783. The van der Waals surface area contributed by atoms with Crippen LogP contribution in [-0.4, -0.2) is 23.9 Å². The highest BCUT2D eigenvalue weighted by Crippen LogP contribution is 2.30. The minimum Gasteiger partial charge on any atom is -0.338 e. The fraction of sp³-hybridized carbons (Fsp3) is 0.500. The number of hydrogen-bond donors (Lipinski definition) is 0. The van der Waals surface area contributed by atoms with Gasteiger partial charge >= 0.3 is 0 Å². The SMILES string of the molecule is CCCN(CC1CC1)C(=O)c1ccccc1Cl. The molecule has 0 spiro atoms. The monoisotopic (exact) mass is 251 g/mol. The molecule has 2 nitrogen and oxygen atoms in total. The summed E-state index contributed by atoms with van der Waals surface area (Å²) in [6, 6.07) is 7.29. The van der Waals surface area contributed by atoms with Crippen molar-refractivity contribution in [3.05, 3.63) is 34.9 Å².